The molecule has 1 heterocycles. The fourth-order valence-corrected chi connectivity index (χ4v) is 2.61. The minimum absolute atomic E-state index is 0.0295. The lowest BCUT2D eigenvalue weighted by Gasteiger charge is -2.30. The fraction of sp³-hybridized carbons (Fsp3) is 0.562. The maximum Gasteiger partial charge on any atom is 0.239 e. The number of morpholine rings is 1. The summed E-state index contributed by atoms with van der Waals surface area (Å²) < 4.78 is 18.9. The number of carbonyl (C=O) groups excluding carboxylic acids is 1. The predicted molar refractivity (Wildman–Crippen MR) is 79.6 cm³/mol. The summed E-state index contributed by atoms with van der Waals surface area (Å²) in [5.41, 5.74) is 0.670. The molecule has 0 aromatic heterocycles. The molecule has 1 fully saturated rings. The van der Waals surface area contributed by atoms with E-state index in [0.29, 0.717) is 38.3 Å². The molecule has 0 spiro atoms. The first-order chi connectivity index (χ1) is 10.1. The van der Waals surface area contributed by atoms with Crippen molar-refractivity contribution in [2.45, 2.75) is 32.4 Å². The van der Waals surface area contributed by atoms with Crippen LogP contribution in [-0.2, 0) is 16.0 Å². The van der Waals surface area contributed by atoms with Crippen LogP contribution in [0.15, 0.2) is 24.3 Å². The van der Waals surface area contributed by atoms with Gasteiger partial charge in [0.1, 0.15) is 5.82 Å². The molecule has 0 saturated carbocycles. The van der Waals surface area contributed by atoms with E-state index in [1.807, 2.05) is 24.8 Å². The van der Waals surface area contributed by atoms with Gasteiger partial charge >= 0.3 is 0 Å². The number of hydrogen-bond donors (Lipinski definition) is 1. The Morgan fingerprint density at radius 3 is 2.67 bits per heavy atom. The number of carbonyl (C=O) groups is 1. The van der Waals surface area contributed by atoms with Crippen molar-refractivity contribution >= 4 is 5.91 Å². The van der Waals surface area contributed by atoms with Gasteiger partial charge < -0.3 is 15.0 Å². The van der Waals surface area contributed by atoms with E-state index < -0.39 is 0 Å². The highest BCUT2D eigenvalue weighted by Gasteiger charge is 2.23. The number of nitrogens with zero attached hydrogens (tertiary/aromatic N) is 1. The van der Waals surface area contributed by atoms with Gasteiger partial charge in [-0.2, -0.15) is 0 Å². The SMILES string of the molecule is CC(Cc1ccccc1F)NC(C)C(=O)N1CCOCC1. The molecule has 4 nitrogen and oxygen atoms in total. The predicted octanol–water partition coefficient (Wildman–Crippen LogP) is 1.59. The molecule has 1 saturated heterocycles. The Kier molecular flexibility index (Phi) is 5.70. The van der Waals surface area contributed by atoms with Crippen LogP contribution in [0.5, 0.6) is 0 Å². The fourth-order valence-electron chi connectivity index (χ4n) is 2.61. The van der Waals surface area contributed by atoms with Crippen molar-refractivity contribution in [1.82, 2.24) is 10.2 Å². The van der Waals surface area contributed by atoms with E-state index in [0.717, 1.165) is 0 Å². The van der Waals surface area contributed by atoms with Crippen LogP contribution in [0.25, 0.3) is 0 Å². The number of amides is 1. The first-order valence-corrected chi connectivity index (χ1v) is 7.44. The van der Waals surface area contributed by atoms with E-state index in [-0.39, 0.29) is 23.8 Å². The molecule has 5 heteroatoms. The molecule has 0 aliphatic carbocycles. The van der Waals surface area contributed by atoms with Gasteiger partial charge in [-0.05, 0) is 31.9 Å². The number of halogens is 1. The summed E-state index contributed by atoms with van der Waals surface area (Å²) in [6, 6.07) is 6.51. The van der Waals surface area contributed by atoms with Gasteiger partial charge in [0, 0.05) is 19.1 Å². The van der Waals surface area contributed by atoms with Gasteiger partial charge in [0.2, 0.25) is 5.91 Å². The summed E-state index contributed by atoms with van der Waals surface area (Å²) in [5, 5.41) is 3.25. The van der Waals surface area contributed by atoms with Crippen molar-refractivity contribution in [3.8, 4) is 0 Å². The van der Waals surface area contributed by atoms with Crippen LogP contribution in [0, 0.1) is 5.82 Å². The van der Waals surface area contributed by atoms with Crippen LogP contribution in [0.4, 0.5) is 4.39 Å². The van der Waals surface area contributed by atoms with E-state index in [2.05, 4.69) is 5.32 Å². The van der Waals surface area contributed by atoms with Crippen LogP contribution in [0.1, 0.15) is 19.4 Å². The third-order valence-electron chi connectivity index (χ3n) is 3.71. The Balaban J connectivity index is 1.85. The highest BCUT2D eigenvalue weighted by Crippen LogP contribution is 2.10. The van der Waals surface area contributed by atoms with Crippen molar-refractivity contribution in [2.75, 3.05) is 26.3 Å². The van der Waals surface area contributed by atoms with Gasteiger partial charge in [0.15, 0.2) is 0 Å². The van der Waals surface area contributed by atoms with Gasteiger partial charge in [-0.3, -0.25) is 4.79 Å². The molecular weight excluding hydrogens is 271 g/mol. The number of benzene rings is 1. The number of nitrogens with one attached hydrogen (secondary N) is 1. The highest BCUT2D eigenvalue weighted by atomic mass is 19.1. The molecule has 0 radical (unpaired) electrons. The van der Waals surface area contributed by atoms with Crippen molar-refractivity contribution in [1.29, 1.82) is 0 Å². The van der Waals surface area contributed by atoms with E-state index in [1.165, 1.54) is 6.07 Å². The highest BCUT2D eigenvalue weighted by molar-refractivity contribution is 5.81. The molecule has 2 unspecified atom stereocenters. The first kappa shape index (κ1) is 15.9. The third kappa shape index (κ3) is 4.51. The molecule has 1 aliphatic heterocycles. The van der Waals surface area contributed by atoms with Crippen LogP contribution in [0.2, 0.25) is 0 Å². The standard InChI is InChI=1S/C16H23FN2O2/c1-12(11-14-5-3-4-6-15(14)17)18-13(2)16(20)19-7-9-21-10-8-19/h3-6,12-13,18H,7-11H2,1-2H3. The minimum Gasteiger partial charge on any atom is -0.378 e. The van der Waals surface area contributed by atoms with E-state index in [4.69, 9.17) is 4.74 Å². The molecule has 1 aromatic rings. The smallest absolute Gasteiger partial charge is 0.239 e. The molecule has 1 aromatic carbocycles. The van der Waals surface area contributed by atoms with Gasteiger partial charge in [-0.15, -0.1) is 0 Å². The molecule has 21 heavy (non-hydrogen) atoms. The summed E-state index contributed by atoms with van der Waals surface area (Å²) in [6.45, 7) is 6.32. The molecule has 0 bridgehead atoms. The van der Waals surface area contributed by atoms with Crippen molar-refractivity contribution in [3.05, 3.63) is 35.6 Å². The summed E-state index contributed by atoms with van der Waals surface area (Å²) in [6.07, 6.45) is 0.563. The van der Waals surface area contributed by atoms with Crippen LogP contribution < -0.4 is 5.32 Å². The maximum atomic E-state index is 13.6. The second kappa shape index (κ2) is 7.52. The third-order valence-corrected chi connectivity index (χ3v) is 3.71. The topological polar surface area (TPSA) is 41.6 Å². The Labute approximate surface area is 125 Å². The molecule has 1 aliphatic rings. The molecule has 1 N–H and O–H groups in total. The molecule has 2 atom stereocenters. The quantitative estimate of drug-likeness (QED) is 0.897. The zero-order chi connectivity index (χ0) is 15.2. The number of hydrogen-bond acceptors (Lipinski definition) is 3. The number of ether oxygens (including phenoxy) is 1. The average molecular weight is 294 g/mol. The lowest BCUT2D eigenvalue weighted by atomic mass is 10.1. The first-order valence-electron chi connectivity index (χ1n) is 7.44. The average Bonchev–Trinajstić information content (AvgIpc) is 2.49. The molecule has 1 amide bonds. The molecule has 116 valence electrons. The monoisotopic (exact) mass is 294 g/mol. The maximum absolute atomic E-state index is 13.6. The summed E-state index contributed by atoms with van der Waals surface area (Å²) in [5.74, 6) is -0.114. The summed E-state index contributed by atoms with van der Waals surface area (Å²) in [7, 11) is 0. The zero-order valence-corrected chi connectivity index (χ0v) is 12.6. The van der Waals surface area contributed by atoms with Crippen LogP contribution in [-0.4, -0.2) is 49.2 Å². The second-order valence-corrected chi connectivity index (χ2v) is 5.52. The van der Waals surface area contributed by atoms with Crippen molar-refractivity contribution < 1.29 is 13.9 Å². The normalized spacial score (nSPS) is 18.3. The van der Waals surface area contributed by atoms with E-state index in [9.17, 15) is 9.18 Å². The Morgan fingerprint density at radius 1 is 1.33 bits per heavy atom. The van der Waals surface area contributed by atoms with Crippen molar-refractivity contribution in [2.24, 2.45) is 0 Å². The summed E-state index contributed by atoms with van der Waals surface area (Å²) in [4.78, 5) is 14.1. The Morgan fingerprint density at radius 2 is 2.00 bits per heavy atom. The number of rotatable bonds is 5. The van der Waals surface area contributed by atoms with Crippen molar-refractivity contribution in [3.63, 3.8) is 0 Å². The largest absolute Gasteiger partial charge is 0.378 e. The van der Waals surface area contributed by atoms with Gasteiger partial charge in [-0.25, -0.2) is 4.39 Å². The van der Waals surface area contributed by atoms with E-state index >= 15 is 0 Å². The van der Waals surface area contributed by atoms with Gasteiger partial charge in [0.25, 0.3) is 0 Å². The van der Waals surface area contributed by atoms with Gasteiger partial charge in [-0.1, -0.05) is 18.2 Å². The van der Waals surface area contributed by atoms with Gasteiger partial charge in [0.05, 0.1) is 19.3 Å². The summed E-state index contributed by atoms with van der Waals surface area (Å²) >= 11 is 0. The Hall–Kier alpha value is -1.46. The lowest BCUT2D eigenvalue weighted by Crippen LogP contribution is -2.51. The zero-order valence-electron chi connectivity index (χ0n) is 12.6. The Bertz CT molecular complexity index is 475. The minimum atomic E-state index is -0.273. The second-order valence-electron chi connectivity index (χ2n) is 5.52. The molecular formula is C16H23FN2O2. The lowest BCUT2D eigenvalue weighted by molar-refractivity contribution is -0.137. The van der Waals surface area contributed by atoms with Crippen LogP contribution >= 0.6 is 0 Å². The van der Waals surface area contributed by atoms with E-state index in [1.54, 1.807) is 12.1 Å². The molecule has 2 rings (SSSR count). The van der Waals surface area contributed by atoms with Crippen LogP contribution in [0.3, 0.4) is 0 Å².